The number of benzene rings is 1. The molecule has 0 spiro atoms. The lowest BCUT2D eigenvalue weighted by Gasteiger charge is -2.15. The molecule has 1 heterocycles. The molecule has 0 saturated carbocycles. The second-order valence-electron chi connectivity index (χ2n) is 2.92. The van der Waals surface area contributed by atoms with Crippen LogP contribution < -0.4 is 4.74 Å². The van der Waals surface area contributed by atoms with Crippen LogP contribution in [0.2, 0.25) is 0 Å². The fourth-order valence-corrected chi connectivity index (χ4v) is 1.80. The van der Waals surface area contributed by atoms with Crippen molar-refractivity contribution in [1.82, 2.24) is 0 Å². The predicted octanol–water partition coefficient (Wildman–Crippen LogP) is 1.80. The molecule has 1 aromatic carbocycles. The molecule has 1 aliphatic heterocycles. The lowest BCUT2D eigenvalue weighted by atomic mass is 10.1. The summed E-state index contributed by atoms with van der Waals surface area (Å²) in [5.41, 5.74) is 0.918. The fraction of sp³-hybridized carbons (Fsp3) is 0.222. The zero-order valence-electron chi connectivity index (χ0n) is 6.66. The molecular formula is C9H7BrO3. The number of hydrogen-bond acceptors (Lipinski definition) is 2. The summed E-state index contributed by atoms with van der Waals surface area (Å²) < 4.78 is 4.01. The van der Waals surface area contributed by atoms with Gasteiger partial charge in [0.05, 0.1) is 0 Å². The van der Waals surface area contributed by atoms with Crippen molar-refractivity contribution in [3.05, 3.63) is 29.8 Å². The van der Waals surface area contributed by atoms with Gasteiger partial charge in [-0.15, -0.1) is 0 Å². The number of rotatable bonds is 1. The molecule has 0 amide bonds. The van der Waals surface area contributed by atoms with Crippen LogP contribution in [0.1, 0.15) is 5.56 Å². The van der Waals surface area contributed by atoms with Crippen LogP contribution in [0.15, 0.2) is 24.3 Å². The summed E-state index contributed by atoms with van der Waals surface area (Å²) >= 11 is 3.07. The molecule has 2 rings (SSSR count). The van der Waals surface area contributed by atoms with Crippen LogP contribution in [0.4, 0.5) is 0 Å². The molecule has 1 aromatic rings. The maximum atomic E-state index is 10.8. The minimum absolute atomic E-state index is 0.360. The third-order valence-electron chi connectivity index (χ3n) is 1.98. The predicted molar refractivity (Wildman–Crippen MR) is 50.1 cm³/mol. The highest BCUT2D eigenvalue weighted by molar-refractivity contribution is 9.10. The minimum atomic E-state index is -1.27. The molecule has 0 aromatic heterocycles. The van der Waals surface area contributed by atoms with Gasteiger partial charge in [-0.2, -0.15) is 0 Å². The summed E-state index contributed by atoms with van der Waals surface area (Å²) in [4.78, 5) is 10.8. The van der Waals surface area contributed by atoms with Gasteiger partial charge in [-0.3, -0.25) is 0 Å². The Hall–Kier alpha value is -1.03. The van der Waals surface area contributed by atoms with Gasteiger partial charge >= 0.3 is 5.97 Å². The number of hydrogen-bond donors (Lipinski definition) is 1. The Balaban J connectivity index is 2.37. The van der Waals surface area contributed by atoms with Crippen molar-refractivity contribution in [1.29, 1.82) is 0 Å². The quantitative estimate of drug-likeness (QED) is 0.765. The maximum Gasteiger partial charge on any atom is 0.359 e. The number of carboxylic acids is 1. The van der Waals surface area contributed by atoms with Crippen LogP contribution in [0.3, 0.4) is 0 Å². The van der Waals surface area contributed by atoms with E-state index < -0.39 is 10.5 Å². The van der Waals surface area contributed by atoms with E-state index >= 15 is 0 Å². The van der Waals surface area contributed by atoms with Gasteiger partial charge in [0.1, 0.15) is 5.75 Å². The van der Waals surface area contributed by atoms with E-state index in [9.17, 15) is 4.79 Å². The monoisotopic (exact) mass is 242 g/mol. The van der Waals surface area contributed by atoms with Crippen LogP contribution in [0.5, 0.6) is 5.75 Å². The molecular weight excluding hydrogens is 236 g/mol. The summed E-state index contributed by atoms with van der Waals surface area (Å²) in [6, 6.07) is 7.31. The average molecular weight is 243 g/mol. The number of halogens is 1. The van der Waals surface area contributed by atoms with E-state index in [2.05, 4.69) is 15.9 Å². The highest BCUT2D eigenvalue weighted by Gasteiger charge is 2.43. The van der Waals surface area contributed by atoms with Gasteiger partial charge in [0.25, 0.3) is 4.51 Å². The van der Waals surface area contributed by atoms with E-state index in [1.54, 1.807) is 6.07 Å². The number of carboxylic acid groups (broad SMARTS) is 1. The molecule has 0 fully saturated rings. The Morgan fingerprint density at radius 1 is 1.54 bits per heavy atom. The van der Waals surface area contributed by atoms with E-state index in [0.717, 1.165) is 5.56 Å². The van der Waals surface area contributed by atoms with Crippen LogP contribution in [0.25, 0.3) is 0 Å². The van der Waals surface area contributed by atoms with Gasteiger partial charge in [0.15, 0.2) is 0 Å². The summed E-state index contributed by atoms with van der Waals surface area (Å²) in [6.45, 7) is 0. The first-order valence-corrected chi connectivity index (χ1v) is 4.60. The van der Waals surface area contributed by atoms with E-state index in [1.165, 1.54) is 0 Å². The zero-order chi connectivity index (χ0) is 9.47. The molecule has 0 aliphatic carbocycles. The Bertz CT molecular complexity index is 337. The second-order valence-corrected chi connectivity index (χ2v) is 4.20. The Morgan fingerprint density at radius 3 is 2.85 bits per heavy atom. The summed E-state index contributed by atoms with van der Waals surface area (Å²) in [5, 5.41) is 8.87. The molecule has 1 atom stereocenters. The molecule has 1 aliphatic rings. The normalized spacial score (nSPS) is 25.0. The van der Waals surface area contributed by atoms with Crippen molar-refractivity contribution in [2.75, 3.05) is 0 Å². The molecule has 4 heteroatoms. The van der Waals surface area contributed by atoms with Gasteiger partial charge in [0, 0.05) is 6.42 Å². The smallest absolute Gasteiger partial charge is 0.359 e. The van der Waals surface area contributed by atoms with Crippen LogP contribution in [-0.4, -0.2) is 15.6 Å². The maximum absolute atomic E-state index is 10.8. The molecule has 0 saturated heterocycles. The second kappa shape index (κ2) is 2.73. The van der Waals surface area contributed by atoms with Crippen molar-refractivity contribution in [2.45, 2.75) is 10.9 Å². The summed E-state index contributed by atoms with van der Waals surface area (Å²) in [6.07, 6.45) is 0.360. The Morgan fingerprint density at radius 2 is 2.23 bits per heavy atom. The fourth-order valence-electron chi connectivity index (χ4n) is 1.32. The standard InChI is InChI=1S/C9H7BrO3/c10-9(8(11)12)5-6-3-1-2-4-7(6)13-9/h1-4H,5H2,(H,11,12). The average Bonchev–Trinajstić information content (AvgIpc) is 2.42. The molecule has 3 nitrogen and oxygen atoms in total. The molecule has 0 bridgehead atoms. The first-order valence-electron chi connectivity index (χ1n) is 3.81. The molecule has 1 N–H and O–H groups in total. The lowest BCUT2D eigenvalue weighted by Crippen LogP contribution is -2.36. The van der Waals surface area contributed by atoms with Gasteiger partial charge in [-0.05, 0) is 27.6 Å². The van der Waals surface area contributed by atoms with Crippen LogP contribution in [-0.2, 0) is 11.2 Å². The molecule has 13 heavy (non-hydrogen) atoms. The van der Waals surface area contributed by atoms with Crippen molar-refractivity contribution < 1.29 is 14.6 Å². The Labute approximate surface area is 83.5 Å². The molecule has 1 unspecified atom stereocenters. The number of ether oxygens (including phenoxy) is 1. The van der Waals surface area contributed by atoms with Gasteiger partial charge in [-0.25, -0.2) is 4.79 Å². The Kier molecular flexibility index (Phi) is 1.80. The highest BCUT2D eigenvalue weighted by atomic mass is 79.9. The van der Waals surface area contributed by atoms with Gasteiger partial charge in [0.2, 0.25) is 0 Å². The molecule has 68 valence electrons. The van der Waals surface area contributed by atoms with E-state index in [-0.39, 0.29) is 0 Å². The number of alkyl halides is 1. The SMILES string of the molecule is O=C(O)C1(Br)Cc2ccccc2O1. The number of para-hydroxylation sites is 1. The van der Waals surface area contributed by atoms with Crippen molar-refractivity contribution >= 4 is 21.9 Å². The van der Waals surface area contributed by atoms with Crippen LogP contribution >= 0.6 is 15.9 Å². The van der Waals surface area contributed by atoms with Gasteiger partial charge in [-0.1, -0.05) is 18.2 Å². The summed E-state index contributed by atoms with van der Waals surface area (Å²) in [7, 11) is 0. The van der Waals surface area contributed by atoms with Gasteiger partial charge < -0.3 is 9.84 Å². The lowest BCUT2D eigenvalue weighted by molar-refractivity contribution is -0.146. The first kappa shape index (κ1) is 8.56. The van der Waals surface area contributed by atoms with E-state index in [1.807, 2.05) is 18.2 Å². The van der Waals surface area contributed by atoms with Crippen LogP contribution in [0, 0.1) is 0 Å². The minimum Gasteiger partial charge on any atom is -0.478 e. The third-order valence-corrected chi connectivity index (χ3v) is 2.76. The number of aliphatic carboxylic acids is 1. The van der Waals surface area contributed by atoms with E-state index in [4.69, 9.17) is 9.84 Å². The highest BCUT2D eigenvalue weighted by Crippen LogP contribution is 2.38. The largest absolute Gasteiger partial charge is 0.478 e. The number of carbonyl (C=O) groups is 1. The zero-order valence-corrected chi connectivity index (χ0v) is 8.24. The first-order chi connectivity index (χ1) is 6.12. The summed E-state index contributed by atoms with van der Waals surface area (Å²) in [5.74, 6) is -0.356. The topological polar surface area (TPSA) is 46.5 Å². The van der Waals surface area contributed by atoms with Crippen molar-refractivity contribution in [3.8, 4) is 5.75 Å². The molecule has 0 radical (unpaired) electrons. The van der Waals surface area contributed by atoms with Crippen molar-refractivity contribution in [3.63, 3.8) is 0 Å². The third kappa shape index (κ3) is 1.31. The number of fused-ring (bicyclic) bond motifs is 1. The van der Waals surface area contributed by atoms with E-state index in [0.29, 0.717) is 12.2 Å². The van der Waals surface area contributed by atoms with Crippen molar-refractivity contribution in [2.24, 2.45) is 0 Å².